The molecule has 1 amide bonds. The minimum Gasteiger partial charge on any atom is -0.389 e. The molecule has 1 rings (SSSR count). The van der Waals surface area contributed by atoms with E-state index in [2.05, 4.69) is 19.2 Å². The van der Waals surface area contributed by atoms with Gasteiger partial charge in [-0.3, -0.25) is 4.79 Å². The normalized spacial score (nSPS) is 18.5. The zero-order valence-corrected chi connectivity index (χ0v) is 12.4. The molecule has 0 heterocycles. The number of rotatable bonds is 8. The Labute approximate surface area is 116 Å². The van der Waals surface area contributed by atoms with Gasteiger partial charge >= 0.3 is 0 Å². The number of aliphatic hydroxyl groups is 1. The quantitative estimate of drug-likeness (QED) is 0.666. The molecule has 19 heavy (non-hydrogen) atoms. The van der Waals surface area contributed by atoms with Gasteiger partial charge in [-0.05, 0) is 25.2 Å². The van der Waals surface area contributed by atoms with Crippen LogP contribution in [0.5, 0.6) is 0 Å². The molecule has 0 aliphatic heterocycles. The lowest BCUT2D eigenvalue weighted by molar-refractivity contribution is -0.127. The number of nitrogens with one attached hydrogen (secondary N) is 1. The number of hydrogen-bond acceptors (Lipinski definition) is 3. The summed E-state index contributed by atoms with van der Waals surface area (Å²) in [5, 5.41) is 13.1. The van der Waals surface area contributed by atoms with Crippen LogP contribution in [0.4, 0.5) is 0 Å². The lowest BCUT2D eigenvalue weighted by atomic mass is 9.82. The third kappa shape index (κ3) is 7.53. The number of amides is 1. The van der Waals surface area contributed by atoms with Crippen molar-refractivity contribution in [2.75, 3.05) is 19.8 Å². The topological polar surface area (TPSA) is 58.6 Å². The molecule has 0 radical (unpaired) electrons. The van der Waals surface area contributed by atoms with E-state index in [9.17, 15) is 9.90 Å². The third-order valence-electron chi connectivity index (χ3n) is 3.68. The van der Waals surface area contributed by atoms with E-state index in [0.29, 0.717) is 19.1 Å². The first-order valence-corrected chi connectivity index (χ1v) is 7.59. The maximum absolute atomic E-state index is 11.7. The van der Waals surface area contributed by atoms with Crippen LogP contribution in [-0.4, -0.2) is 36.4 Å². The summed E-state index contributed by atoms with van der Waals surface area (Å²) in [5.41, 5.74) is -0.763. The smallest absolute Gasteiger partial charge is 0.222 e. The van der Waals surface area contributed by atoms with Crippen LogP contribution in [0.1, 0.15) is 58.8 Å². The van der Waals surface area contributed by atoms with Crippen molar-refractivity contribution in [3.8, 4) is 0 Å². The van der Waals surface area contributed by atoms with Crippen molar-refractivity contribution >= 4 is 5.91 Å². The first kappa shape index (κ1) is 16.4. The van der Waals surface area contributed by atoms with E-state index in [1.807, 2.05) is 0 Å². The zero-order chi connectivity index (χ0) is 14.1. The van der Waals surface area contributed by atoms with Crippen LogP contribution < -0.4 is 5.32 Å². The fourth-order valence-corrected chi connectivity index (χ4v) is 2.43. The molecule has 2 N–H and O–H groups in total. The van der Waals surface area contributed by atoms with E-state index in [-0.39, 0.29) is 12.3 Å². The SMILES string of the molecule is CC(C)CCOCCNC(=O)CC1(O)CCCCC1. The Kier molecular flexibility index (Phi) is 7.39. The predicted molar refractivity (Wildman–Crippen MR) is 75.9 cm³/mol. The Bertz CT molecular complexity index is 260. The van der Waals surface area contributed by atoms with Crippen molar-refractivity contribution in [3.63, 3.8) is 0 Å². The molecule has 4 heteroatoms. The van der Waals surface area contributed by atoms with Gasteiger partial charge in [-0.1, -0.05) is 33.1 Å². The number of hydrogen-bond donors (Lipinski definition) is 2. The number of carbonyl (C=O) groups excluding carboxylic acids is 1. The highest BCUT2D eigenvalue weighted by atomic mass is 16.5. The summed E-state index contributed by atoms with van der Waals surface area (Å²) in [5.74, 6) is 0.590. The minimum absolute atomic E-state index is 0.0585. The van der Waals surface area contributed by atoms with Crippen LogP contribution in [0.15, 0.2) is 0 Å². The largest absolute Gasteiger partial charge is 0.389 e. The first-order valence-electron chi connectivity index (χ1n) is 7.59. The predicted octanol–water partition coefficient (Wildman–Crippen LogP) is 2.25. The highest BCUT2D eigenvalue weighted by Gasteiger charge is 2.31. The second kappa shape index (κ2) is 8.54. The monoisotopic (exact) mass is 271 g/mol. The second-order valence-corrected chi connectivity index (χ2v) is 6.11. The standard InChI is InChI=1S/C15H29NO3/c1-13(2)6-10-19-11-9-16-14(17)12-15(18)7-4-3-5-8-15/h13,18H,3-12H2,1-2H3,(H,16,17). The van der Waals surface area contributed by atoms with Crippen LogP contribution in [0.25, 0.3) is 0 Å². The second-order valence-electron chi connectivity index (χ2n) is 6.11. The molecular formula is C15H29NO3. The summed E-state index contributed by atoms with van der Waals surface area (Å²) in [6.07, 6.45) is 6.03. The highest BCUT2D eigenvalue weighted by Crippen LogP contribution is 2.30. The molecule has 4 nitrogen and oxygen atoms in total. The number of carbonyl (C=O) groups is 1. The van der Waals surface area contributed by atoms with Crippen LogP contribution in [0.3, 0.4) is 0 Å². The van der Waals surface area contributed by atoms with E-state index in [0.717, 1.165) is 38.7 Å². The van der Waals surface area contributed by atoms with Gasteiger partial charge in [-0.25, -0.2) is 0 Å². The van der Waals surface area contributed by atoms with Crippen molar-refractivity contribution in [2.45, 2.75) is 64.4 Å². The van der Waals surface area contributed by atoms with Gasteiger partial charge in [-0.15, -0.1) is 0 Å². The van der Waals surface area contributed by atoms with Crippen LogP contribution in [0, 0.1) is 5.92 Å². The number of ether oxygens (including phenoxy) is 1. The Morgan fingerprint density at radius 2 is 1.95 bits per heavy atom. The molecule has 0 aromatic heterocycles. The molecule has 112 valence electrons. The molecular weight excluding hydrogens is 242 g/mol. The summed E-state index contributed by atoms with van der Waals surface area (Å²) in [4.78, 5) is 11.7. The summed E-state index contributed by atoms with van der Waals surface area (Å²) < 4.78 is 5.43. The zero-order valence-electron chi connectivity index (χ0n) is 12.4. The molecule has 0 spiro atoms. The van der Waals surface area contributed by atoms with Gasteiger partial charge in [0.05, 0.1) is 18.6 Å². The van der Waals surface area contributed by atoms with Crippen LogP contribution in [0.2, 0.25) is 0 Å². The van der Waals surface area contributed by atoms with Crippen molar-refractivity contribution in [2.24, 2.45) is 5.92 Å². The Morgan fingerprint density at radius 3 is 2.58 bits per heavy atom. The van der Waals surface area contributed by atoms with Gasteiger partial charge in [-0.2, -0.15) is 0 Å². The van der Waals surface area contributed by atoms with E-state index in [4.69, 9.17) is 4.74 Å². The average Bonchev–Trinajstić information content (AvgIpc) is 2.33. The minimum atomic E-state index is -0.763. The average molecular weight is 271 g/mol. The maximum Gasteiger partial charge on any atom is 0.222 e. The molecule has 0 unspecified atom stereocenters. The lowest BCUT2D eigenvalue weighted by Gasteiger charge is -2.31. The van der Waals surface area contributed by atoms with Crippen LogP contribution in [-0.2, 0) is 9.53 Å². The molecule has 1 aliphatic rings. The van der Waals surface area contributed by atoms with Crippen molar-refractivity contribution < 1.29 is 14.6 Å². The summed E-state index contributed by atoms with van der Waals surface area (Å²) in [7, 11) is 0. The van der Waals surface area contributed by atoms with Gasteiger partial charge in [0.25, 0.3) is 0 Å². The fourth-order valence-electron chi connectivity index (χ4n) is 2.43. The Morgan fingerprint density at radius 1 is 1.26 bits per heavy atom. The maximum atomic E-state index is 11.7. The van der Waals surface area contributed by atoms with Crippen molar-refractivity contribution in [1.82, 2.24) is 5.32 Å². The molecule has 1 saturated carbocycles. The summed E-state index contributed by atoms with van der Waals surface area (Å²) in [6.45, 7) is 6.16. The van der Waals surface area contributed by atoms with Gasteiger partial charge in [0, 0.05) is 13.2 Å². The van der Waals surface area contributed by atoms with Crippen molar-refractivity contribution in [3.05, 3.63) is 0 Å². The van der Waals surface area contributed by atoms with Crippen LogP contribution >= 0.6 is 0 Å². The molecule has 0 atom stereocenters. The fraction of sp³-hybridized carbons (Fsp3) is 0.933. The molecule has 0 saturated heterocycles. The summed E-state index contributed by atoms with van der Waals surface area (Å²) >= 11 is 0. The van der Waals surface area contributed by atoms with E-state index >= 15 is 0 Å². The van der Waals surface area contributed by atoms with E-state index < -0.39 is 5.60 Å². The molecule has 0 aromatic rings. The lowest BCUT2D eigenvalue weighted by Crippen LogP contribution is -2.39. The molecule has 1 aliphatic carbocycles. The Hall–Kier alpha value is -0.610. The molecule has 0 bridgehead atoms. The third-order valence-corrected chi connectivity index (χ3v) is 3.68. The van der Waals surface area contributed by atoms with Gasteiger partial charge < -0.3 is 15.2 Å². The van der Waals surface area contributed by atoms with Gasteiger partial charge in [0.1, 0.15) is 0 Å². The van der Waals surface area contributed by atoms with Gasteiger partial charge in [0.2, 0.25) is 5.91 Å². The van der Waals surface area contributed by atoms with E-state index in [1.165, 1.54) is 6.42 Å². The Balaban J connectivity index is 2.04. The van der Waals surface area contributed by atoms with Gasteiger partial charge in [0.15, 0.2) is 0 Å². The van der Waals surface area contributed by atoms with Crippen molar-refractivity contribution in [1.29, 1.82) is 0 Å². The first-order chi connectivity index (χ1) is 9.02. The molecule has 1 fully saturated rings. The summed E-state index contributed by atoms with van der Waals surface area (Å²) in [6, 6.07) is 0. The highest BCUT2D eigenvalue weighted by molar-refractivity contribution is 5.77. The van der Waals surface area contributed by atoms with E-state index in [1.54, 1.807) is 0 Å². The molecule has 0 aromatic carbocycles.